The highest BCUT2D eigenvalue weighted by Gasteiger charge is 2.34. The van der Waals surface area contributed by atoms with Crippen molar-refractivity contribution in [2.24, 2.45) is 0 Å². The standard InChI is InChI=1S/C8H11F3N2O3S/c9-8(10,11)3-12-1-6(14)13-4-17-2-5(13)7(15)16/h5,12H,1-4H2,(H,15,16)/t5-/m0/s1. The van der Waals surface area contributed by atoms with Crippen molar-refractivity contribution in [3.05, 3.63) is 0 Å². The van der Waals surface area contributed by atoms with Gasteiger partial charge in [0.2, 0.25) is 5.91 Å². The average molecular weight is 272 g/mol. The topological polar surface area (TPSA) is 69.6 Å². The van der Waals surface area contributed by atoms with E-state index >= 15 is 0 Å². The van der Waals surface area contributed by atoms with E-state index in [4.69, 9.17) is 5.11 Å². The van der Waals surface area contributed by atoms with Crippen LogP contribution in [0.4, 0.5) is 13.2 Å². The maximum atomic E-state index is 11.8. The number of rotatable bonds is 4. The zero-order valence-corrected chi connectivity index (χ0v) is 9.48. The number of carbonyl (C=O) groups excluding carboxylic acids is 1. The number of hydrogen-bond donors (Lipinski definition) is 2. The maximum absolute atomic E-state index is 11.8. The van der Waals surface area contributed by atoms with E-state index in [1.807, 2.05) is 5.32 Å². The number of hydrogen-bond acceptors (Lipinski definition) is 4. The number of halogens is 3. The minimum atomic E-state index is -4.38. The Morgan fingerprint density at radius 3 is 2.65 bits per heavy atom. The zero-order valence-electron chi connectivity index (χ0n) is 8.66. The molecule has 0 saturated carbocycles. The third kappa shape index (κ3) is 4.43. The number of nitrogens with one attached hydrogen (secondary N) is 1. The van der Waals surface area contributed by atoms with Gasteiger partial charge >= 0.3 is 12.1 Å². The lowest BCUT2D eigenvalue weighted by molar-refractivity contribution is -0.148. The molecule has 5 nitrogen and oxygen atoms in total. The summed E-state index contributed by atoms with van der Waals surface area (Å²) in [6.07, 6.45) is -4.38. The Balaban J connectivity index is 2.40. The molecule has 1 fully saturated rings. The summed E-state index contributed by atoms with van der Waals surface area (Å²) in [4.78, 5) is 23.3. The first-order valence-corrected chi connectivity index (χ1v) is 5.84. The van der Waals surface area contributed by atoms with Gasteiger partial charge < -0.3 is 15.3 Å². The fourth-order valence-electron chi connectivity index (χ4n) is 1.31. The third-order valence-electron chi connectivity index (χ3n) is 2.09. The van der Waals surface area contributed by atoms with E-state index in [9.17, 15) is 22.8 Å². The summed E-state index contributed by atoms with van der Waals surface area (Å²) in [5, 5.41) is 10.7. The van der Waals surface area contributed by atoms with Gasteiger partial charge in [-0.3, -0.25) is 4.79 Å². The summed E-state index contributed by atoms with van der Waals surface area (Å²) >= 11 is 1.26. The number of carbonyl (C=O) groups is 2. The van der Waals surface area contributed by atoms with E-state index in [1.165, 1.54) is 11.8 Å². The molecule has 0 spiro atoms. The number of nitrogens with zero attached hydrogens (tertiary/aromatic N) is 1. The third-order valence-corrected chi connectivity index (χ3v) is 3.10. The van der Waals surface area contributed by atoms with Gasteiger partial charge in [0, 0.05) is 5.75 Å². The van der Waals surface area contributed by atoms with Gasteiger partial charge in [-0.1, -0.05) is 0 Å². The minimum absolute atomic E-state index is 0.198. The highest BCUT2D eigenvalue weighted by atomic mass is 32.2. The molecule has 17 heavy (non-hydrogen) atoms. The summed E-state index contributed by atoms with van der Waals surface area (Å²) in [6, 6.07) is -0.944. The van der Waals surface area contributed by atoms with Crippen LogP contribution in [-0.2, 0) is 9.59 Å². The highest BCUT2D eigenvalue weighted by Crippen LogP contribution is 2.20. The van der Waals surface area contributed by atoms with E-state index in [-0.39, 0.29) is 11.6 Å². The molecule has 0 aromatic carbocycles. The molecule has 0 aliphatic carbocycles. The number of thioether (sulfide) groups is 1. The quantitative estimate of drug-likeness (QED) is 0.761. The monoisotopic (exact) mass is 272 g/mol. The normalized spacial score (nSPS) is 20.6. The predicted molar refractivity (Wildman–Crippen MR) is 54.5 cm³/mol. The molecule has 0 aromatic heterocycles. The Labute approximate surface area is 99.3 Å². The van der Waals surface area contributed by atoms with Crippen LogP contribution in [-0.4, -0.2) is 58.8 Å². The van der Waals surface area contributed by atoms with Crippen molar-refractivity contribution in [1.29, 1.82) is 0 Å². The van der Waals surface area contributed by atoms with Crippen molar-refractivity contribution in [1.82, 2.24) is 10.2 Å². The van der Waals surface area contributed by atoms with Crippen molar-refractivity contribution in [3.63, 3.8) is 0 Å². The molecule has 0 aromatic rings. The molecule has 0 unspecified atom stereocenters. The Hall–Kier alpha value is -0.960. The Morgan fingerprint density at radius 2 is 2.12 bits per heavy atom. The minimum Gasteiger partial charge on any atom is -0.480 e. The fraction of sp³-hybridized carbons (Fsp3) is 0.750. The first-order chi connectivity index (χ1) is 7.81. The van der Waals surface area contributed by atoms with Crippen LogP contribution in [0.15, 0.2) is 0 Å². The molecule has 2 N–H and O–H groups in total. The molecule has 98 valence electrons. The number of carboxylic acids is 1. The molecule has 1 aliphatic heterocycles. The molecule has 1 rings (SSSR count). The van der Waals surface area contributed by atoms with Gasteiger partial charge in [-0.2, -0.15) is 13.2 Å². The fourth-order valence-corrected chi connectivity index (χ4v) is 2.48. The van der Waals surface area contributed by atoms with Crippen LogP contribution in [0, 0.1) is 0 Å². The second kappa shape index (κ2) is 5.58. The molecule has 1 heterocycles. The molecule has 1 amide bonds. The molecule has 1 saturated heterocycles. The number of amides is 1. The van der Waals surface area contributed by atoms with E-state index < -0.39 is 37.2 Å². The summed E-state index contributed by atoms with van der Waals surface area (Å²) in [5.74, 6) is -1.31. The van der Waals surface area contributed by atoms with Crippen LogP contribution in [0.3, 0.4) is 0 Å². The van der Waals surface area contributed by atoms with Crippen LogP contribution in [0.1, 0.15) is 0 Å². The summed E-state index contributed by atoms with van der Waals surface area (Å²) in [7, 11) is 0. The molecule has 1 atom stereocenters. The zero-order chi connectivity index (χ0) is 13.1. The Kier molecular flexibility index (Phi) is 4.63. The van der Waals surface area contributed by atoms with Gasteiger partial charge in [0.15, 0.2) is 0 Å². The number of aliphatic carboxylic acids is 1. The molecule has 1 aliphatic rings. The van der Waals surface area contributed by atoms with Crippen molar-refractivity contribution >= 4 is 23.6 Å². The van der Waals surface area contributed by atoms with E-state index in [0.717, 1.165) is 4.90 Å². The van der Waals surface area contributed by atoms with Crippen LogP contribution in [0.25, 0.3) is 0 Å². The first kappa shape index (κ1) is 14.1. The smallest absolute Gasteiger partial charge is 0.401 e. The number of carboxylic acid groups (broad SMARTS) is 1. The second-order valence-electron chi connectivity index (χ2n) is 3.44. The van der Waals surface area contributed by atoms with Gasteiger partial charge in [-0.25, -0.2) is 4.79 Å². The van der Waals surface area contributed by atoms with Gasteiger partial charge in [0.25, 0.3) is 0 Å². The summed E-state index contributed by atoms with van der Waals surface area (Å²) < 4.78 is 35.4. The lowest BCUT2D eigenvalue weighted by Crippen LogP contribution is -2.46. The summed E-state index contributed by atoms with van der Waals surface area (Å²) in [5.41, 5.74) is 0. The summed E-state index contributed by atoms with van der Waals surface area (Å²) in [6.45, 7) is -1.78. The largest absolute Gasteiger partial charge is 0.480 e. The molecule has 0 bridgehead atoms. The van der Waals surface area contributed by atoms with Crippen LogP contribution in [0.5, 0.6) is 0 Å². The second-order valence-corrected chi connectivity index (χ2v) is 4.44. The first-order valence-electron chi connectivity index (χ1n) is 4.69. The number of alkyl halides is 3. The lowest BCUT2D eigenvalue weighted by Gasteiger charge is -2.20. The van der Waals surface area contributed by atoms with E-state index in [2.05, 4.69) is 0 Å². The van der Waals surface area contributed by atoms with Crippen LogP contribution in [0.2, 0.25) is 0 Å². The van der Waals surface area contributed by atoms with Gasteiger partial charge in [0.05, 0.1) is 19.0 Å². The van der Waals surface area contributed by atoms with Crippen molar-refractivity contribution in [3.8, 4) is 0 Å². The molecule has 0 radical (unpaired) electrons. The van der Waals surface area contributed by atoms with Crippen molar-refractivity contribution < 1.29 is 27.9 Å². The van der Waals surface area contributed by atoms with E-state index in [0.29, 0.717) is 0 Å². The van der Waals surface area contributed by atoms with Crippen LogP contribution >= 0.6 is 11.8 Å². The maximum Gasteiger partial charge on any atom is 0.401 e. The van der Waals surface area contributed by atoms with Gasteiger partial charge in [-0.05, 0) is 0 Å². The molecular formula is C8H11F3N2O3S. The van der Waals surface area contributed by atoms with Gasteiger partial charge in [0.1, 0.15) is 6.04 Å². The molecule has 9 heteroatoms. The van der Waals surface area contributed by atoms with E-state index in [1.54, 1.807) is 0 Å². The van der Waals surface area contributed by atoms with Crippen LogP contribution < -0.4 is 5.32 Å². The SMILES string of the molecule is O=C(O)[C@@H]1CSCN1C(=O)CNCC(F)(F)F. The van der Waals surface area contributed by atoms with Crippen molar-refractivity contribution in [2.45, 2.75) is 12.2 Å². The Morgan fingerprint density at radius 1 is 1.47 bits per heavy atom. The highest BCUT2D eigenvalue weighted by molar-refractivity contribution is 7.99. The lowest BCUT2D eigenvalue weighted by atomic mass is 10.3. The Bertz CT molecular complexity index is 311. The average Bonchev–Trinajstić information content (AvgIpc) is 2.63. The predicted octanol–water partition coefficient (Wildman–Crippen LogP) is 0.124. The van der Waals surface area contributed by atoms with Gasteiger partial charge in [-0.15, -0.1) is 11.8 Å². The molecular weight excluding hydrogens is 261 g/mol. The van der Waals surface area contributed by atoms with Crippen molar-refractivity contribution in [2.75, 3.05) is 24.7 Å².